The van der Waals surface area contributed by atoms with Crippen molar-refractivity contribution in [2.75, 3.05) is 10.6 Å². The Hall–Kier alpha value is -2.67. The third-order valence-electron chi connectivity index (χ3n) is 5.23. The molecule has 0 aromatic heterocycles. The number of halogens is 2. The predicted octanol–water partition coefficient (Wildman–Crippen LogP) is 4.69. The van der Waals surface area contributed by atoms with Gasteiger partial charge in [0.15, 0.2) is 11.4 Å². The molecule has 3 aromatic carbocycles. The standard InChI is InChI=1S/C23H18BrClN2O3/c24-16-7-10-20-18(11-16)23(30,12-21(28)14-5-8-17(26)9-6-14)22(29)27(20)13-15-3-1-2-4-19(15)25/h1-11,30H,12-13,26H2. The quantitative estimate of drug-likeness (QED) is 0.406. The maximum atomic E-state index is 13.4. The van der Waals surface area contributed by atoms with Crippen LogP contribution in [0.3, 0.4) is 0 Å². The van der Waals surface area contributed by atoms with Crippen molar-refractivity contribution in [2.45, 2.75) is 18.6 Å². The molecule has 3 aromatic rings. The number of nitrogens with zero attached hydrogens (tertiary/aromatic N) is 1. The zero-order valence-electron chi connectivity index (χ0n) is 15.8. The number of rotatable bonds is 5. The van der Waals surface area contributed by atoms with Crippen molar-refractivity contribution in [3.63, 3.8) is 0 Å². The van der Waals surface area contributed by atoms with E-state index in [0.29, 0.717) is 32.0 Å². The zero-order valence-corrected chi connectivity index (χ0v) is 18.2. The minimum absolute atomic E-state index is 0.186. The molecule has 3 N–H and O–H groups in total. The average Bonchev–Trinajstić information content (AvgIpc) is 2.91. The van der Waals surface area contributed by atoms with Gasteiger partial charge in [-0.25, -0.2) is 0 Å². The van der Waals surface area contributed by atoms with Crippen molar-refractivity contribution in [3.05, 3.63) is 92.9 Å². The van der Waals surface area contributed by atoms with Gasteiger partial charge in [0.25, 0.3) is 5.91 Å². The van der Waals surface area contributed by atoms with Gasteiger partial charge in [-0.2, -0.15) is 0 Å². The Labute approximate surface area is 187 Å². The lowest BCUT2D eigenvalue weighted by molar-refractivity contribution is -0.136. The van der Waals surface area contributed by atoms with Gasteiger partial charge in [-0.15, -0.1) is 0 Å². The van der Waals surface area contributed by atoms with Gasteiger partial charge in [-0.3, -0.25) is 9.59 Å². The smallest absolute Gasteiger partial charge is 0.264 e. The highest BCUT2D eigenvalue weighted by atomic mass is 79.9. The Balaban J connectivity index is 1.72. The highest BCUT2D eigenvalue weighted by molar-refractivity contribution is 9.10. The van der Waals surface area contributed by atoms with Gasteiger partial charge in [0, 0.05) is 26.3 Å². The molecule has 0 aliphatic carbocycles. The van der Waals surface area contributed by atoms with Crippen molar-refractivity contribution in [3.8, 4) is 0 Å². The van der Waals surface area contributed by atoms with Crippen molar-refractivity contribution in [1.29, 1.82) is 0 Å². The first-order chi connectivity index (χ1) is 14.3. The summed E-state index contributed by atoms with van der Waals surface area (Å²) < 4.78 is 0.701. The normalized spacial score (nSPS) is 17.8. The second kappa shape index (κ2) is 7.87. The first-order valence-corrected chi connectivity index (χ1v) is 10.4. The zero-order chi connectivity index (χ0) is 21.5. The highest BCUT2D eigenvalue weighted by Crippen LogP contribution is 2.45. The molecule has 1 aliphatic heterocycles. The number of benzene rings is 3. The second-order valence-electron chi connectivity index (χ2n) is 7.23. The SMILES string of the molecule is Nc1ccc(C(=O)CC2(O)C(=O)N(Cc3ccccc3Cl)c3ccc(Br)cc32)cc1. The first-order valence-electron chi connectivity index (χ1n) is 9.26. The summed E-state index contributed by atoms with van der Waals surface area (Å²) in [5, 5.41) is 12.0. The van der Waals surface area contributed by atoms with Gasteiger partial charge in [0.1, 0.15) is 0 Å². The van der Waals surface area contributed by atoms with Gasteiger partial charge in [0.05, 0.1) is 18.7 Å². The van der Waals surface area contributed by atoms with E-state index in [2.05, 4.69) is 15.9 Å². The van der Waals surface area contributed by atoms with Crippen LogP contribution in [0.2, 0.25) is 5.02 Å². The Morgan fingerprint density at radius 2 is 1.80 bits per heavy atom. The third kappa shape index (κ3) is 3.62. The summed E-state index contributed by atoms with van der Waals surface area (Å²) in [5.74, 6) is -0.907. The number of carbonyl (C=O) groups is 2. The first kappa shape index (κ1) is 20.6. The van der Waals surface area contributed by atoms with Crippen molar-refractivity contribution < 1.29 is 14.7 Å². The Morgan fingerprint density at radius 3 is 2.50 bits per heavy atom. The number of fused-ring (bicyclic) bond motifs is 1. The molecule has 0 saturated carbocycles. The topological polar surface area (TPSA) is 83.6 Å². The van der Waals surface area contributed by atoms with Crippen LogP contribution >= 0.6 is 27.5 Å². The molecule has 5 nitrogen and oxygen atoms in total. The van der Waals surface area contributed by atoms with E-state index in [9.17, 15) is 14.7 Å². The van der Waals surface area contributed by atoms with Crippen LogP contribution in [0.25, 0.3) is 0 Å². The van der Waals surface area contributed by atoms with E-state index in [4.69, 9.17) is 17.3 Å². The van der Waals surface area contributed by atoms with E-state index < -0.39 is 11.5 Å². The summed E-state index contributed by atoms with van der Waals surface area (Å²) in [4.78, 5) is 27.7. The summed E-state index contributed by atoms with van der Waals surface area (Å²) in [6.45, 7) is 0.186. The van der Waals surface area contributed by atoms with Crippen LogP contribution in [0, 0.1) is 0 Å². The molecular formula is C23H18BrClN2O3. The monoisotopic (exact) mass is 484 g/mol. The molecule has 1 amide bonds. The summed E-state index contributed by atoms with van der Waals surface area (Å²) in [6, 6.07) is 18.8. The lowest BCUT2D eigenvalue weighted by atomic mass is 9.88. The molecule has 0 saturated heterocycles. The van der Waals surface area contributed by atoms with Crippen molar-refractivity contribution >= 4 is 50.6 Å². The van der Waals surface area contributed by atoms with Gasteiger partial charge in [0.2, 0.25) is 0 Å². The molecule has 7 heteroatoms. The number of carbonyl (C=O) groups excluding carboxylic acids is 2. The third-order valence-corrected chi connectivity index (χ3v) is 6.09. The van der Waals surface area contributed by atoms with Gasteiger partial charge in [-0.1, -0.05) is 45.7 Å². The molecule has 0 spiro atoms. The average molecular weight is 486 g/mol. The fourth-order valence-electron chi connectivity index (χ4n) is 3.65. The number of amides is 1. The second-order valence-corrected chi connectivity index (χ2v) is 8.55. The number of nitrogen functional groups attached to an aromatic ring is 1. The summed E-state index contributed by atoms with van der Waals surface area (Å²) >= 11 is 9.67. The van der Waals surface area contributed by atoms with Crippen LogP contribution in [0.5, 0.6) is 0 Å². The van der Waals surface area contributed by atoms with E-state index in [0.717, 1.165) is 5.56 Å². The number of nitrogens with two attached hydrogens (primary N) is 1. The number of hydrogen-bond donors (Lipinski definition) is 2. The Morgan fingerprint density at radius 1 is 1.10 bits per heavy atom. The predicted molar refractivity (Wildman–Crippen MR) is 120 cm³/mol. The summed E-state index contributed by atoms with van der Waals surface area (Å²) in [6.07, 6.45) is -0.377. The molecule has 0 bridgehead atoms. The number of aliphatic hydroxyl groups is 1. The molecule has 1 heterocycles. The molecule has 1 unspecified atom stereocenters. The number of Topliss-reactive ketones (excluding diaryl/α,β-unsaturated/α-hetero) is 1. The fourth-order valence-corrected chi connectivity index (χ4v) is 4.21. The highest BCUT2D eigenvalue weighted by Gasteiger charge is 2.51. The molecule has 0 fully saturated rings. The van der Waals surface area contributed by atoms with Gasteiger partial charge >= 0.3 is 0 Å². The maximum absolute atomic E-state index is 13.4. The van der Waals surface area contributed by atoms with Gasteiger partial charge in [-0.05, 0) is 54.1 Å². The number of ketones is 1. The van der Waals surface area contributed by atoms with Crippen LogP contribution in [0.4, 0.5) is 11.4 Å². The van der Waals surface area contributed by atoms with Crippen LogP contribution in [0.15, 0.2) is 71.2 Å². The molecule has 0 radical (unpaired) electrons. The lowest BCUT2D eigenvalue weighted by Gasteiger charge is -2.23. The van der Waals surface area contributed by atoms with E-state index in [1.165, 1.54) is 4.90 Å². The number of anilines is 2. The van der Waals surface area contributed by atoms with Crippen molar-refractivity contribution in [2.24, 2.45) is 0 Å². The molecular weight excluding hydrogens is 468 g/mol. The van der Waals surface area contributed by atoms with Crippen LogP contribution in [-0.2, 0) is 16.9 Å². The van der Waals surface area contributed by atoms with Gasteiger partial charge < -0.3 is 15.7 Å². The van der Waals surface area contributed by atoms with Crippen LogP contribution in [-0.4, -0.2) is 16.8 Å². The van der Waals surface area contributed by atoms with E-state index in [1.54, 1.807) is 48.5 Å². The minimum atomic E-state index is -1.97. The molecule has 4 rings (SSSR count). The van der Waals surface area contributed by atoms with E-state index in [-0.39, 0.29) is 18.7 Å². The maximum Gasteiger partial charge on any atom is 0.264 e. The lowest BCUT2D eigenvalue weighted by Crippen LogP contribution is -2.41. The molecule has 1 aliphatic rings. The van der Waals surface area contributed by atoms with E-state index >= 15 is 0 Å². The summed E-state index contributed by atoms with van der Waals surface area (Å²) in [7, 11) is 0. The van der Waals surface area contributed by atoms with E-state index in [1.807, 2.05) is 18.2 Å². The molecule has 30 heavy (non-hydrogen) atoms. The molecule has 1 atom stereocenters. The Bertz CT molecular complexity index is 1150. The largest absolute Gasteiger partial charge is 0.399 e. The molecule has 152 valence electrons. The summed E-state index contributed by atoms with van der Waals surface area (Å²) in [5.41, 5.74) is 6.31. The minimum Gasteiger partial charge on any atom is -0.399 e. The van der Waals surface area contributed by atoms with Crippen LogP contribution < -0.4 is 10.6 Å². The Kier molecular flexibility index (Phi) is 5.40. The van der Waals surface area contributed by atoms with Crippen molar-refractivity contribution in [1.82, 2.24) is 0 Å². The van der Waals surface area contributed by atoms with Crippen LogP contribution in [0.1, 0.15) is 27.9 Å². The number of hydrogen-bond acceptors (Lipinski definition) is 4. The fraction of sp³-hybridized carbons (Fsp3) is 0.130.